The van der Waals surface area contributed by atoms with Gasteiger partial charge in [0, 0.05) is 5.69 Å². The lowest BCUT2D eigenvalue weighted by Crippen LogP contribution is -2.37. The van der Waals surface area contributed by atoms with Gasteiger partial charge in [-0.05, 0) is 36.4 Å². The number of nitrogens with one attached hydrogen (secondary N) is 2. The minimum absolute atomic E-state index is 0.161. The van der Waals surface area contributed by atoms with Crippen molar-refractivity contribution in [1.82, 2.24) is 5.32 Å². The average Bonchev–Trinajstić information content (AvgIpc) is 3.31. The maximum Gasteiger partial charge on any atom is 0.313 e. The van der Waals surface area contributed by atoms with Crippen molar-refractivity contribution in [1.29, 1.82) is 0 Å². The van der Waals surface area contributed by atoms with Crippen molar-refractivity contribution < 1.29 is 23.5 Å². The molecule has 7 nitrogen and oxygen atoms in total. The Morgan fingerprint density at radius 2 is 1.76 bits per heavy atom. The number of hydrogen-bond acceptors (Lipinski definition) is 5. The van der Waals surface area contributed by atoms with E-state index in [1.54, 1.807) is 54.6 Å². The van der Waals surface area contributed by atoms with E-state index in [2.05, 4.69) is 10.6 Å². The van der Waals surface area contributed by atoms with Gasteiger partial charge in [-0.2, -0.15) is 0 Å². The lowest BCUT2D eigenvalue weighted by atomic mass is 10.2. The van der Waals surface area contributed by atoms with Gasteiger partial charge >= 0.3 is 11.8 Å². The first kappa shape index (κ1) is 16.5. The van der Waals surface area contributed by atoms with Crippen LogP contribution in [0.3, 0.4) is 0 Å². The zero-order valence-electron chi connectivity index (χ0n) is 13.1. The Kier molecular flexibility index (Phi) is 4.96. The minimum atomic E-state index is -1.09. The largest absolute Gasteiger partial charge is 0.461 e. The number of anilines is 1. The molecule has 0 aliphatic heterocycles. The summed E-state index contributed by atoms with van der Waals surface area (Å²) in [5.41, 5.74) is 0.511. The number of furan rings is 2. The topological polar surface area (TPSA) is 105 Å². The van der Waals surface area contributed by atoms with E-state index >= 15 is 0 Å². The molecule has 1 aromatic carbocycles. The standard InChI is InChI=1S/C18H16N2O5/c21-13(14-8-9-16(25-14)15-7-4-10-24-15)11-19-17(22)18(23)20-12-5-2-1-3-6-12/h1-10,13,21H,11H2,(H,19,22)(H,20,23). The van der Waals surface area contributed by atoms with Crippen LogP contribution >= 0.6 is 0 Å². The molecular formula is C18H16N2O5. The Hall–Kier alpha value is -3.32. The molecule has 0 saturated heterocycles. The Morgan fingerprint density at radius 1 is 0.960 bits per heavy atom. The molecule has 7 heteroatoms. The summed E-state index contributed by atoms with van der Waals surface area (Å²) in [4.78, 5) is 23.6. The molecule has 1 unspecified atom stereocenters. The quantitative estimate of drug-likeness (QED) is 0.618. The predicted molar refractivity (Wildman–Crippen MR) is 89.5 cm³/mol. The third-order valence-electron chi connectivity index (χ3n) is 3.41. The third kappa shape index (κ3) is 4.15. The van der Waals surface area contributed by atoms with Gasteiger partial charge in [-0.1, -0.05) is 18.2 Å². The summed E-state index contributed by atoms with van der Waals surface area (Å²) in [5, 5.41) is 14.9. The van der Waals surface area contributed by atoms with E-state index in [9.17, 15) is 14.7 Å². The average molecular weight is 340 g/mol. The van der Waals surface area contributed by atoms with Crippen LogP contribution in [0.2, 0.25) is 0 Å². The van der Waals surface area contributed by atoms with Gasteiger partial charge in [-0.3, -0.25) is 9.59 Å². The zero-order chi connectivity index (χ0) is 17.6. The summed E-state index contributed by atoms with van der Waals surface area (Å²) in [7, 11) is 0. The second kappa shape index (κ2) is 7.50. The van der Waals surface area contributed by atoms with E-state index in [4.69, 9.17) is 8.83 Å². The molecule has 0 saturated carbocycles. The van der Waals surface area contributed by atoms with Crippen molar-refractivity contribution in [2.45, 2.75) is 6.10 Å². The van der Waals surface area contributed by atoms with Crippen molar-refractivity contribution in [3.8, 4) is 11.5 Å². The first-order valence-corrected chi connectivity index (χ1v) is 7.59. The molecule has 3 rings (SSSR count). The number of para-hydroxylation sites is 1. The van der Waals surface area contributed by atoms with Gasteiger partial charge in [0.1, 0.15) is 11.9 Å². The number of benzene rings is 1. The third-order valence-corrected chi connectivity index (χ3v) is 3.41. The molecule has 128 valence electrons. The highest BCUT2D eigenvalue weighted by Gasteiger charge is 2.18. The Morgan fingerprint density at radius 3 is 2.48 bits per heavy atom. The molecule has 1 atom stereocenters. The normalized spacial score (nSPS) is 11.7. The zero-order valence-corrected chi connectivity index (χ0v) is 13.1. The number of aliphatic hydroxyl groups excluding tert-OH is 1. The van der Waals surface area contributed by atoms with E-state index in [0.29, 0.717) is 17.2 Å². The molecule has 0 bridgehead atoms. The van der Waals surface area contributed by atoms with Crippen LogP contribution in [-0.2, 0) is 9.59 Å². The number of carbonyl (C=O) groups is 2. The summed E-state index contributed by atoms with van der Waals surface area (Å²) in [6, 6.07) is 15.3. The molecule has 0 radical (unpaired) electrons. The van der Waals surface area contributed by atoms with Crippen molar-refractivity contribution in [2.75, 3.05) is 11.9 Å². The van der Waals surface area contributed by atoms with Gasteiger partial charge in [0.15, 0.2) is 11.5 Å². The Bertz CT molecular complexity index is 840. The van der Waals surface area contributed by atoms with Crippen molar-refractivity contribution in [2.24, 2.45) is 0 Å². The molecule has 0 spiro atoms. The van der Waals surface area contributed by atoms with Crippen LogP contribution < -0.4 is 10.6 Å². The molecule has 3 aromatic rings. The van der Waals surface area contributed by atoms with E-state index in [1.165, 1.54) is 6.26 Å². The van der Waals surface area contributed by atoms with Crippen molar-refractivity contribution >= 4 is 17.5 Å². The number of aliphatic hydroxyl groups is 1. The van der Waals surface area contributed by atoms with E-state index in [-0.39, 0.29) is 12.3 Å². The predicted octanol–water partition coefficient (Wildman–Crippen LogP) is 2.33. The number of rotatable bonds is 5. The number of hydrogen-bond donors (Lipinski definition) is 3. The fourth-order valence-electron chi connectivity index (χ4n) is 2.16. The summed E-state index contributed by atoms with van der Waals surface area (Å²) >= 11 is 0. The second-order valence-corrected chi connectivity index (χ2v) is 5.23. The van der Waals surface area contributed by atoms with Gasteiger partial charge in [-0.25, -0.2) is 0 Å². The highest BCUT2D eigenvalue weighted by atomic mass is 16.4. The maximum atomic E-state index is 11.8. The molecule has 3 N–H and O–H groups in total. The van der Waals surface area contributed by atoms with E-state index in [0.717, 1.165) is 0 Å². The van der Waals surface area contributed by atoms with Gasteiger partial charge in [0.2, 0.25) is 0 Å². The molecule has 0 aliphatic rings. The van der Waals surface area contributed by atoms with Crippen LogP contribution in [0, 0.1) is 0 Å². The van der Waals surface area contributed by atoms with Crippen LogP contribution in [0.4, 0.5) is 5.69 Å². The maximum absolute atomic E-state index is 11.8. The minimum Gasteiger partial charge on any atom is -0.461 e. The lowest BCUT2D eigenvalue weighted by molar-refractivity contribution is -0.136. The molecule has 2 amide bonds. The monoisotopic (exact) mass is 340 g/mol. The molecule has 25 heavy (non-hydrogen) atoms. The summed E-state index contributed by atoms with van der Waals surface area (Å²) < 4.78 is 10.7. The van der Waals surface area contributed by atoms with Gasteiger partial charge in [0.05, 0.1) is 12.8 Å². The lowest BCUT2D eigenvalue weighted by Gasteiger charge is -2.10. The van der Waals surface area contributed by atoms with Crippen LogP contribution in [0.5, 0.6) is 0 Å². The van der Waals surface area contributed by atoms with Crippen molar-refractivity contribution in [3.63, 3.8) is 0 Å². The van der Waals surface area contributed by atoms with Gasteiger partial charge in [0.25, 0.3) is 0 Å². The number of amides is 2. The van der Waals surface area contributed by atoms with Crippen molar-refractivity contribution in [3.05, 3.63) is 66.6 Å². The Labute approximate surface area is 143 Å². The van der Waals surface area contributed by atoms with Crippen LogP contribution in [0.1, 0.15) is 11.9 Å². The summed E-state index contributed by atoms with van der Waals surface area (Å²) in [6.45, 7) is -0.161. The second-order valence-electron chi connectivity index (χ2n) is 5.23. The number of carbonyl (C=O) groups excluding carboxylic acids is 2. The van der Waals surface area contributed by atoms with Crippen LogP contribution in [0.25, 0.3) is 11.5 Å². The van der Waals surface area contributed by atoms with Gasteiger partial charge < -0.3 is 24.6 Å². The first-order chi connectivity index (χ1) is 12.1. The van der Waals surface area contributed by atoms with Crippen LogP contribution in [-0.4, -0.2) is 23.5 Å². The molecule has 0 aliphatic carbocycles. The van der Waals surface area contributed by atoms with E-state index < -0.39 is 17.9 Å². The fourth-order valence-corrected chi connectivity index (χ4v) is 2.16. The Balaban J connectivity index is 1.52. The molecule has 2 aromatic heterocycles. The smallest absolute Gasteiger partial charge is 0.313 e. The van der Waals surface area contributed by atoms with Gasteiger partial charge in [-0.15, -0.1) is 0 Å². The summed E-state index contributed by atoms with van der Waals surface area (Å²) in [6.07, 6.45) is 0.427. The molecular weight excluding hydrogens is 324 g/mol. The highest BCUT2D eigenvalue weighted by molar-refractivity contribution is 6.39. The highest BCUT2D eigenvalue weighted by Crippen LogP contribution is 2.25. The molecule has 0 fully saturated rings. The molecule has 2 heterocycles. The SMILES string of the molecule is O=C(NCC(O)c1ccc(-c2ccco2)o1)C(=O)Nc1ccccc1. The summed E-state index contributed by atoms with van der Waals surface area (Å²) in [5.74, 6) is -0.401. The van der Waals surface area contributed by atoms with Crippen LogP contribution in [0.15, 0.2) is 69.7 Å². The fraction of sp³-hybridized carbons (Fsp3) is 0.111. The van der Waals surface area contributed by atoms with E-state index in [1.807, 2.05) is 0 Å². The first-order valence-electron chi connectivity index (χ1n) is 7.59.